The molecule has 4 nitrogen and oxygen atoms in total. The summed E-state index contributed by atoms with van der Waals surface area (Å²) in [7, 11) is 0. The van der Waals surface area contributed by atoms with Crippen LogP contribution in [0.5, 0.6) is 0 Å². The maximum atomic E-state index is 13.0. The summed E-state index contributed by atoms with van der Waals surface area (Å²) < 4.78 is 13.0. The average molecular weight is 326 g/mol. The molecule has 1 aliphatic rings. The van der Waals surface area contributed by atoms with E-state index in [0.717, 1.165) is 11.1 Å². The number of halogens is 1. The predicted octanol–water partition coefficient (Wildman–Crippen LogP) is 2.80. The number of carbonyl (C=O) groups is 2. The van der Waals surface area contributed by atoms with Crippen molar-refractivity contribution in [3.8, 4) is 0 Å². The molecule has 0 aromatic heterocycles. The predicted molar refractivity (Wildman–Crippen MR) is 89.9 cm³/mol. The number of nitrogens with one attached hydrogen (secondary N) is 1. The second kappa shape index (κ2) is 6.83. The van der Waals surface area contributed by atoms with Crippen molar-refractivity contribution in [2.24, 2.45) is 5.92 Å². The minimum Gasteiger partial charge on any atom is -0.352 e. The van der Waals surface area contributed by atoms with Crippen LogP contribution in [0.2, 0.25) is 0 Å². The Morgan fingerprint density at radius 3 is 2.71 bits per heavy atom. The van der Waals surface area contributed by atoms with Crippen LogP contribution in [0.4, 0.5) is 10.1 Å². The van der Waals surface area contributed by atoms with E-state index in [1.807, 2.05) is 31.2 Å². The Kier molecular flexibility index (Phi) is 4.60. The second-order valence-electron chi connectivity index (χ2n) is 6.09. The van der Waals surface area contributed by atoms with Crippen molar-refractivity contribution in [3.63, 3.8) is 0 Å². The summed E-state index contributed by atoms with van der Waals surface area (Å²) in [5, 5.41) is 2.89. The van der Waals surface area contributed by atoms with Crippen LogP contribution < -0.4 is 10.2 Å². The van der Waals surface area contributed by atoms with Gasteiger partial charge in [-0.15, -0.1) is 0 Å². The zero-order chi connectivity index (χ0) is 17.1. The van der Waals surface area contributed by atoms with Gasteiger partial charge in [-0.25, -0.2) is 4.39 Å². The van der Waals surface area contributed by atoms with Gasteiger partial charge in [0.2, 0.25) is 11.8 Å². The normalized spacial score (nSPS) is 17.2. The van der Waals surface area contributed by atoms with Gasteiger partial charge in [-0.3, -0.25) is 9.59 Å². The number of hydrogen-bond donors (Lipinski definition) is 1. The van der Waals surface area contributed by atoms with Crippen LogP contribution in [0.3, 0.4) is 0 Å². The summed E-state index contributed by atoms with van der Waals surface area (Å²) in [6.45, 7) is 2.77. The van der Waals surface area contributed by atoms with E-state index in [2.05, 4.69) is 5.32 Å². The van der Waals surface area contributed by atoms with Crippen LogP contribution in [0.25, 0.3) is 0 Å². The van der Waals surface area contributed by atoms with Crippen LogP contribution in [-0.4, -0.2) is 18.4 Å². The van der Waals surface area contributed by atoms with Gasteiger partial charge in [0.1, 0.15) is 5.82 Å². The van der Waals surface area contributed by atoms with Gasteiger partial charge < -0.3 is 10.2 Å². The van der Waals surface area contributed by atoms with E-state index in [1.165, 1.54) is 17.0 Å². The molecule has 5 heteroatoms. The molecule has 0 radical (unpaired) electrons. The zero-order valence-electron chi connectivity index (χ0n) is 13.5. The molecule has 3 rings (SSSR count). The fraction of sp³-hybridized carbons (Fsp3) is 0.263. The third-order valence-electron chi connectivity index (χ3n) is 4.18. The molecule has 1 fully saturated rings. The smallest absolute Gasteiger partial charge is 0.227 e. The van der Waals surface area contributed by atoms with E-state index in [0.29, 0.717) is 18.8 Å². The van der Waals surface area contributed by atoms with E-state index < -0.39 is 0 Å². The van der Waals surface area contributed by atoms with Crippen molar-refractivity contribution in [2.45, 2.75) is 19.9 Å². The number of carbonyl (C=O) groups excluding carboxylic acids is 2. The van der Waals surface area contributed by atoms with Crippen LogP contribution in [0, 0.1) is 18.7 Å². The molecule has 2 amide bonds. The third-order valence-corrected chi connectivity index (χ3v) is 4.18. The average Bonchev–Trinajstić information content (AvgIpc) is 2.95. The summed E-state index contributed by atoms with van der Waals surface area (Å²) >= 11 is 0. The quantitative estimate of drug-likeness (QED) is 0.939. The molecule has 1 N–H and O–H groups in total. The minimum atomic E-state index is -0.382. The molecule has 0 unspecified atom stereocenters. The molecule has 2 aromatic carbocycles. The number of anilines is 1. The molecule has 124 valence electrons. The zero-order valence-corrected chi connectivity index (χ0v) is 13.5. The third kappa shape index (κ3) is 3.62. The van der Waals surface area contributed by atoms with Gasteiger partial charge in [-0.1, -0.05) is 29.8 Å². The van der Waals surface area contributed by atoms with Crippen LogP contribution in [-0.2, 0) is 16.1 Å². The maximum Gasteiger partial charge on any atom is 0.227 e. The SMILES string of the molecule is Cc1cccc(CNC(=O)[C@@H]2CC(=O)N(c3ccc(F)cc3)C2)c1. The Morgan fingerprint density at radius 1 is 1.25 bits per heavy atom. The molecule has 1 heterocycles. The Balaban J connectivity index is 1.60. The minimum absolute atomic E-state index is 0.114. The number of aryl methyl sites for hydroxylation is 1. The lowest BCUT2D eigenvalue weighted by molar-refractivity contribution is -0.126. The Bertz CT molecular complexity index is 758. The molecule has 24 heavy (non-hydrogen) atoms. The summed E-state index contributed by atoms with van der Waals surface area (Å²) in [5.41, 5.74) is 2.79. The van der Waals surface area contributed by atoms with E-state index >= 15 is 0 Å². The van der Waals surface area contributed by atoms with Gasteiger partial charge >= 0.3 is 0 Å². The molecular weight excluding hydrogens is 307 g/mol. The van der Waals surface area contributed by atoms with E-state index in [4.69, 9.17) is 0 Å². The topological polar surface area (TPSA) is 49.4 Å². The monoisotopic (exact) mass is 326 g/mol. The first-order valence-corrected chi connectivity index (χ1v) is 7.92. The van der Waals surface area contributed by atoms with Crippen LogP contribution >= 0.6 is 0 Å². The number of hydrogen-bond acceptors (Lipinski definition) is 2. The first-order chi connectivity index (χ1) is 11.5. The van der Waals surface area contributed by atoms with Crippen molar-refractivity contribution in [2.75, 3.05) is 11.4 Å². The highest BCUT2D eigenvalue weighted by Gasteiger charge is 2.34. The highest BCUT2D eigenvalue weighted by molar-refractivity contribution is 6.00. The lowest BCUT2D eigenvalue weighted by Gasteiger charge is -2.16. The highest BCUT2D eigenvalue weighted by Crippen LogP contribution is 2.25. The molecule has 1 atom stereocenters. The van der Waals surface area contributed by atoms with Crippen LogP contribution in [0.15, 0.2) is 48.5 Å². The molecule has 1 saturated heterocycles. The van der Waals surface area contributed by atoms with Gasteiger partial charge in [0, 0.05) is 25.2 Å². The molecule has 1 aliphatic heterocycles. The lowest BCUT2D eigenvalue weighted by atomic mass is 10.1. The van der Waals surface area contributed by atoms with Gasteiger partial charge in [-0.05, 0) is 36.8 Å². The Morgan fingerprint density at radius 2 is 2.00 bits per heavy atom. The Hall–Kier alpha value is -2.69. The van der Waals surface area contributed by atoms with Crippen molar-refractivity contribution in [1.82, 2.24) is 5.32 Å². The number of amides is 2. The molecular formula is C19H19FN2O2. The maximum absolute atomic E-state index is 13.0. The summed E-state index contributed by atoms with van der Waals surface area (Å²) in [6, 6.07) is 13.7. The Labute approximate surface area is 140 Å². The molecule has 2 aromatic rings. The number of benzene rings is 2. The fourth-order valence-corrected chi connectivity index (χ4v) is 2.91. The van der Waals surface area contributed by atoms with Gasteiger partial charge in [-0.2, -0.15) is 0 Å². The fourth-order valence-electron chi connectivity index (χ4n) is 2.91. The number of nitrogens with zero attached hydrogens (tertiary/aromatic N) is 1. The largest absolute Gasteiger partial charge is 0.352 e. The van der Waals surface area contributed by atoms with E-state index in [9.17, 15) is 14.0 Å². The van der Waals surface area contributed by atoms with Crippen molar-refractivity contribution < 1.29 is 14.0 Å². The standard InChI is InChI=1S/C19H19FN2O2/c1-13-3-2-4-14(9-13)11-21-19(24)15-10-18(23)22(12-15)17-7-5-16(20)6-8-17/h2-9,15H,10-12H2,1H3,(H,21,24)/t15-/m1/s1. The van der Waals surface area contributed by atoms with Gasteiger partial charge in [0.15, 0.2) is 0 Å². The van der Waals surface area contributed by atoms with Crippen LogP contribution in [0.1, 0.15) is 17.5 Å². The van der Waals surface area contributed by atoms with Crippen molar-refractivity contribution in [3.05, 3.63) is 65.5 Å². The first kappa shape index (κ1) is 16.2. The van der Waals surface area contributed by atoms with Gasteiger partial charge in [0.05, 0.1) is 5.92 Å². The van der Waals surface area contributed by atoms with E-state index in [1.54, 1.807) is 12.1 Å². The molecule has 0 saturated carbocycles. The highest BCUT2D eigenvalue weighted by atomic mass is 19.1. The first-order valence-electron chi connectivity index (χ1n) is 7.92. The number of rotatable bonds is 4. The summed E-state index contributed by atoms with van der Waals surface area (Å²) in [4.78, 5) is 26.0. The second-order valence-corrected chi connectivity index (χ2v) is 6.09. The van der Waals surface area contributed by atoms with Crippen molar-refractivity contribution in [1.29, 1.82) is 0 Å². The lowest BCUT2D eigenvalue weighted by Crippen LogP contribution is -2.32. The summed E-state index contributed by atoms with van der Waals surface area (Å²) in [5.74, 6) is -0.975. The summed E-state index contributed by atoms with van der Waals surface area (Å²) in [6.07, 6.45) is 0.178. The molecule has 0 bridgehead atoms. The van der Waals surface area contributed by atoms with Gasteiger partial charge in [0.25, 0.3) is 0 Å². The van der Waals surface area contributed by atoms with Crippen molar-refractivity contribution >= 4 is 17.5 Å². The van der Waals surface area contributed by atoms with E-state index in [-0.39, 0.29) is 30.0 Å². The molecule has 0 spiro atoms. The molecule has 0 aliphatic carbocycles.